The minimum Gasteiger partial charge on any atom is -0.487 e. The fourth-order valence-corrected chi connectivity index (χ4v) is 2.79. The van der Waals surface area contributed by atoms with Gasteiger partial charge in [-0.05, 0) is 47.2 Å². The third-order valence-corrected chi connectivity index (χ3v) is 4.10. The SMILES string of the molecule is O=C(O)c1ccc2cc(OCc3ccc4ccccc4n3)ccc2c1. The molecule has 0 fully saturated rings. The number of carboxylic acid groups (broad SMARTS) is 1. The van der Waals surface area contributed by atoms with Crippen LogP contribution in [0.25, 0.3) is 21.7 Å². The van der Waals surface area contributed by atoms with Gasteiger partial charge in [-0.1, -0.05) is 36.4 Å². The maximum atomic E-state index is 11.0. The smallest absolute Gasteiger partial charge is 0.335 e. The number of hydrogen-bond acceptors (Lipinski definition) is 3. The molecule has 1 aromatic heterocycles. The van der Waals surface area contributed by atoms with Crippen LogP contribution in [0, 0.1) is 0 Å². The zero-order valence-corrected chi connectivity index (χ0v) is 13.3. The molecule has 0 unspecified atom stereocenters. The van der Waals surface area contributed by atoms with E-state index in [1.165, 1.54) is 0 Å². The molecule has 4 rings (SSSR count). The molecule has 4 nitrogen and oxygen atoms in total. The average molecular weight is 329 g/mol. The molecule has 3 aromatic carbocycles. The molecule has 0 saturated heterocycles. The number of aromatic carboxylic acids is 1. The second kappa shape index (κ2) is 6.24. The minimum atomic E-state index is -0.926. The van der Waals surface area contributed by atoms with E-state index in [-0.39, 0.29) is 5.56 Å². The number of pyridine rings is 1. The van der Waals surface area contributed by atoms with Crippen molar-refractivity contribution in [3.63, 3.8) is 0 Å². The molecule has 0 saturated carbocycles. The lowest BCUT2D eigenvalue weighted by Gasteiger charge is -2.08. The zero-order chi connectivity index (χ0) is 17.2. The molecule has 0 aliphatic rings. The monoisotopic (exact) mass is 329 g/mol. The fourth-order valence-electron chi connectivity index (χ4n) is 2.79. The molecule has 122 valence electrons. The first-order valence-electron chi connectivity index (χ1n) is 7.94. The van der Waals surface area contributed by atoms with E-state index in [9.17, 15) is 4.79 Å². The van der Waals surface area contributed by atoms with E-state index in [1.807, 2.05) is 54.6 Å². The van der Waals surface area contributed by atoms with E-state index < -0.39 is 5.97 Å². The number of aromatic nitrogens is 1. The lowest BCUT2D eigenvalue weighted by Crippen LogP contribution is -1.98. The Hall–Kier alpha value is -3.40. The van der Waals surface area contributed by atoms with E-state index >= 15 is 0 Å². The van der Waals surface area contributed by atoms with Crippen molar-refractivity contribution in [3.8, 4) is 5.75 Å². The number of carboxylic acids is 1. The summed E-state index contributed by atoms with van der Waals surface area (Å²) in [6.07, 6.45) is 0. The Morgan fingerprint density at radius 1 is 0.880 bits per heavy atom. The molecule has 0 aliphatic heterocycles. The van der Waals surface area contributed by atoms with E-state index in [2.05, 4.69) is 4.98 Å². The summed E-state index contributed by atoms with van der Waals surface area (Å²) in [5, 5.41) is 12.0. The van der Waals surface area contributed by atoms with Crippen molar-refractivity contribution in [3.05, 3.63) is 84.1 Å². The van der Waals surface area contributed by atoms with Crippen LogP contribution in [0.4, 0.5) is 0 Å². The summed E-state index contributed by atoms with van der Waals surface area (Å²) in [5.74, 6) is -0.199. The van der Waals surface area contributed by atoms with Gasteiger partial charge in [-0.3, -0.25) is 0 Å². The van der Waals surface area contributed by atoms with Crippen molar-refractivity contribution in [2.45, 2.75) is 6.61 Å². The predicted octanol–water partition coefficient (Wildman–Crippen LogP) is 4.67. The highest BCUT2D eigenvalue weighted by Crippen LogP contribution is 2.23. The number of benzene rings is 3. The molecule has 25 heavy (non-hydrogen) atoms. The highest BCUT2D eigenvalue weighted by atomic mass is 16.5. The van der Waals surface area contributed by atoms with Gasteiger partial charge in [0.25, 0.3) is 0 Å². The van der Waals surface area contributed by atoms with Gasteiger partial charge in [0.15, 0.2) is 0 Å². The number of ether oxygens (including phenoxy) is 1. The second-order valence-corrected chi connectivity index (χ2v) is 5.81. The summed E-state index contributed by atoms with van der Waals surface area (Å²) < 4.78 is 5.85. The standard InChI is InChI=1S/C21H15NO3/c23-21(24)17-6-5-16-12-19(10-8-15(16)11-17)25-13-18-9-7-14-3-1-2-4-20(14)22-18/h1-12H,13H2,(H,23,24). The molecule has 4 heteroatoms. The van der Waals surface area contributed by atoms with Crippen molar-refractivity contribution in [1.82, 2.24) is 4.98 Å². The van der Waals surface area contributed by atoms with E-state index in [4.69, 9.17) is 9.84 Å². The van der Waals surface area contributed by atoms with E-state index in [0.717, 1.165) is 33.1 Å². The van der Waals surface area contributed by atoms with Crippen molar-refractivity contribution < 1.29 is 14.6 Å². The molecule has 0 spiro atoms. The van der Waals surface area contributed by atoms with Gasteiger partial charge < -0.3 is 9.84 Å². The molecule has 0 bridgehead atoms. The van der Waals surface area contributed by atoms with Crippen LogP contribution in [0.1, 0.15) is 16.1 Å². The van der Waals surface area contributed by atoms with Crippen LogP contribution in [0.15, 0.2) is 72.8 Å². The Morgan fingerprint density at radius 2 is 1.64 bits per heavy atom. The lowest BCUT2D eigenvalue weighted by atomic mass is 10.1. The van der Waals surface area contributed by atoms with Crippen LogP contribution in [0.2, 0.25) is 0 Å². The third-order valence-electron chi connectivity index (χ3n) is 4.10. The van der Waals surface area contributed by atoms with Gasteiger partial charge in [0.05, 0.1) is 16.8 Å². The molecule has 4 aromatic rings. The van der Waals surface area contributed by atoms with Gasteiger partial charge in [-0.15, -0.1) is 0 Å². The number of fused-ring (bicyclic) bond motifs is 2. The Balaban J connectivity index is 1.55. The van der Waals surface area contributed by atoms with Crippen LogP contribution in [-0.2, 0) is 6.61 Å². The maximum Gasteiger partial charge on any atom is 0.335 e. The Morgan fingerprint density at radius 3 is 2.52 bits per heavy atom. The van der Waals surface area contributed by atoms with Gasteiger partial charge in [0.1, 0.15) is 12.4 Å². The molecular weight excluding hydrogens is 314 g/mol. The van der Waals surface area contributed by atoms with Gasteiger partial charge >= 0.3 is 5.97 Å². The molecule has 1 N–H and O–H groups in total. The van der Waals surface area contributed by atoms with Crippen LogP contribution < -0.4 is 4.74 Å². The number of nitrogens with zero attached hydrogens (tertiary/aromatic N) is 1. The highest BCUT2D eigenvalue weighted by Gasteiger charge is 2.05. The summed E-state index contributed by atoms with van der Waals surface area (Å²) in [6, 6.07) is 22.6. The van der Waals surface area contributed by atoms with Crippen molar-refractivity contribution in [1.29, 1.82) is 0 Å². The molecule has 0 radical (unpaired) electrons. The van der Waals surface area contributed by atoms with Crippen LogP contribution in [0.3, 0.4) is 0 Å². The van der Waals surface area contributed by atoms with Gasteiger partial charge in [0, 0.05) is 5.39 Å². The normalized spacial score (nSPS) is 10.9. The highest BCUT2D eigenvalue weighted by molar-refractivity contribution is 5.94. The maximum absolute atomic E-state index is 11.0. The third kappa shape index (κ3) is 3.15. The number of carbonyl (C=O) groups is 1. The molecule has 0 amide bonds. The van der Waals surface area contributed by atoms with Crippen LogP contribution in [-0.4, -0.2) is 16.1 Å². The lowest BCUT2D eigenvalue weighted by molar-refractivity contribution is 0.0697. The zero-order valence-electron chi connectivity index (χ0n) is 13.3. The summed E-state index contributed by atoms with van der Waals surface area (Å²) in [7, 11) is 0. The topological polar surface area (TPSA) is 59.4 Å². The van der Waals surface area contributed by atoms with Gasteiger partial charge in [0.2, 0.25) is 0 Å². The summed E-state index contributed by atoms with van der Waals surface area (Å²) >= 11 is 0. The first kappa shape index (κ1) is 15.1. The van der Waals surface area contributed by atoms with Crippen LogP contribution in [0.5, 0.6) is 5.75 Å². The Bertz CT molecular complexity index is 1090. The predicted molar refractivity (Wildman–Crippen MR) is 97.0 cm³/mol. The summed E-state index contributed by atoms with van der Waals surface area (Å²) in [6.45, 7) is 0.379. The molecule has 0 aliphatic carbocycles. The van der Waals surface area contributed by atoms with Crippen molar-refractivity contribution in [2.75, 3.05) is 0 Å². The second-order valence-electron chi connectivity index (χ2n) is 5.81. The first-order valence-corrected chi connectivity index (χ1v) is 7.94. The Labute approximate surface area is 144 Å². The van der Waals surface area contributed by atoms with Crippen molar-refractivity contribution in [2.24, 2.45) is 0 Å². The average Bonchev–Trinajstić information content (AvgIpc) is 2.65. The van der Waals surface area contributed by atoms with Crippen LogP contribution >= 0.6 is 0 Å². The minimum absolute atomic E-state index is 0.279. The van der Waals surface area contributed by atoms with Crippen molar-refractivity contribution >= 4 is 27.6 Å². The molecule has 0 atom stereocenters. The summed E-state index contributed by atoms with van der Waals surface area (Å²) in [5.41, 5.74) is 2.09. The van der Waals surface area contributed by atoms with Gasteiger partial charge in [-0.2, -0.15) is 0 Å². The number of rotatable bonds is 4. The van der Waals surface area contributed by atoms with E-state index in [0.29, 0.717) is 6.61 Å². The molecule has 1 heterocycles. The number of para-hydroxylation sites is 1. The van der Waals surface area contributed by atoms with Gasteiger partial charge in [-0.25, -0.2) is 9.78 Å². The quantitative estimate of drug-likeness (QED) is 0.591. The Kier molecular flexibility index (Phi) is 3.78. The summed E-state index contributed by atoms with van der Waals surface area (Å²) in [4.78, 5) is 15.6. The van der Waals surface area contributed by atoms with E-state index in [1.54, 1.807) is 18.2 Å². The fraction of sp³-hybridized carbons (Fsp3) is 0.0476. The number of hydrogen-bond donors (Lipinski definition) is 1. The first-order chi connectivity index (χ1) is 12.2. The molecular formula is C21H15NO3. The largest absolute Gasteiger partial charge is 0.487 e.